The largest absolute Gasteiger partial charge is 0.390 e. The molecule has 19 heavy (non-hydrogen) atoms. The van der Waals surface area contributed by atoms with Gasteiger partial charge in [-0.2, -0.15) is 4.98 Å². The van der Waals surface area contributed by atoms with Gasteiger partial charge in [0.15, 0.2) is 11.2 Å². The fourth-order valence-corrected chi connectivity index (χ4v) is 2.18. The lowest BCUT2D eigenvalue weighted by Crippen LogP contribution is -2.37. The van der Waals surface area contributed by atoms with Gasteiger partial charge in [0, 0.05) is 14.1 Å². The highest BCUT2D eigenvalue weighted by Gasteiger charge is 2.19. The molecule has 0 saturated heterocycles. The van der Waals surface area contributed by atoms with Crippen molar-refractivity contribution >= 4 is 34.4 Å². The number of fused-ring (bicyclic) bond motifs is 1. The van der Waals surface area contributed by atoms with Gasteiger partial charge in [0.2, 0.25) is 5.28 Å². The lowest BCUT2D eigenvalue weighted by atomic mass is 10.4. The van der Waals surface area contributed by atoms with Gasteiger partial charge in [0.1, 0.15) is 0 Å². The lowest BCUT2D eigenvalue weighted by Gasteiger charge is -2.10. The molecule has 1 unspecified atom stereocenters. The minimum Gasteiger partial charge on any atom is -0.390 e. The number of rotatable bonds is 3. The maximum absolute atomic E-state index is 12.1. The van der Waals surface area contributed by atoms with E-state index in [1.807, 2.05) is 0 Å². The van der Waals surface area contributed by atoms with Gasteiger partial charge in [0.05, 0.1) is 18.5 Å². The van der Waals surface area contributed by atoms with E-state index in [1.54, 1.807) is 0 Å². The molecule has 0 amide bonds. The second-order valence-corrected chi connectivity index (χ2v) is 4.82. The van der Waals surface area contributed by atoms with Gasteiger partial charge in [0.25, 0.3) is 5.56 Å². The van der Waals surface area contributed by atoms with Crippen LogP contribution in [0.25, 0.3) is 11.2 Å². The zero-order valence-corrected chi connectivity index (χ0v) is 11.8. The first-order valence-electron chi connectivity index (χ1n) is 5.44. The Morgan fingerprint density at radius 1 is 1.32 bits per heavy atom. The second kappa shape index (κ2) is 4.99. The molecule has 2 rings (SSSR count). The number of aromatic nitrogens is 4. The Morgan fingerprint density at radius 2 is 1.95 bits per heavy atom. The van der Waals surface area contributed by atoms with Gasteiger partial charge in [-0.05, 0) is 11.6 Å². The summed E-state index contributed by atoms with van der Waals surface area (Å²) < 4.78 is 3.54. The summed E-state index contributed by atoms with van der Waals surface area (Å²) in [6, 6.07) is 0. The minimum absolute atomic E-state index is 0.00207. The SMILES string of the molecule is Cn1c(=O)c2c(nc(Cl)n2CC(O)CCl)n(C)c1=O. The molecular formula is C10H12Cl2N4O3. The first kappa shape index (κ1) is 14.1. The van der Waals surface area contributed by atoms with Crippen LogP contribution in [-0.4, -0.2) is 35.8 Å². The summed E-state index contributed by atoms with van der Waals surface area (Å²) in [6.45, 7) is 0.0340. The molecular weight excluding hydrogens is 295 g/mol. The van der Waals surface area contributed by atoms with Crippen molar-refractivity contribution in [3.8, 4) is 0 Å². The fraction of sp³-hybridized carbons (Fsp3) is 0.500. The molecule has 0 bridgehead atoms. The van der Waals surface area contributed by atoms with E-state index in [9.17, 15) is 14.7 Å². The topological polar surface area (TPSA) is 82.0 Å². The summed E-state index contributed by atoms with van der Waals surface area (Å²) >= 11 is 11.5. The Morgan fingerprint density at radius 3 is 2.53 bits per heavy atom. The quantitative estimate of drug-likeness (QED) is 0.623. The van der Waals surface area contributed by atoms with Crippen LogP contribution in [0.3, 0.4) is 0 Å². The molecule has 9 heteroatoms. The number of aryl methyl sites for hydroxylation is 1. The van der Waals surface area contributed by atoms with Crippen LogP contribution in [0.2, 0.25) is 5.28 Å². The van der Waals surface area contributed by atoms with Gasteiger partial charge < -0.3 is 9.67 Å². The average Bonchev–Trinajstić information content (AvgIpc) is 2.71. The molecule has 0 aromatic carbocycles. The Balaban J connectivity index is 2.83. The maximum Gasteiger partial charge on any atom is 0.332 e. The van der Waals surface area contributed by atoms with E-state index < -0.39 is 17.4 Å². The van der Waals surface area contributed by atoms with Crippen LogP contribution < -0.4 is 11.2 Å². The zero-order valence-electron chi connectivity index (χ0n) is 10.3. The van der Waals surface area contributed by atoms with E-state index in [2.05, 4.69) is 4.98 Å². The van der Waals surface area contributed by atoms with Crippen LogP contribution >= 0.6 is 23.2 Å². The Labute approximate surface area is 117 Å². The number of nitrogens with zero attached hydrogens (tertiary/aromatic N) is 4. The van der Waals surface area contributed by atoms with Crippen LogP contribution in [0.15, 0.2) is 9.59 Å². The number of aliphatic hydroxyl groups excluding tert-OH is 1. The number of imidazole rings is 1. The van der Waals surface area contributed by atoms with E-state index >= 15 is 0 Å². The third kappa shape index (κ3) is 2.18. The molecule has 0 aliphatic heterocycles. The minimum atomic E-state index is -0.862. The average molecular weight is 307 g/mol. The highest BCUT2D eigenvalue weighted by Crippen LogP contribution is 2.16. The second-order valence-electron chi connectivity index (χ2n) is 4.18. The Bertz CT molecular complexity index is 746. The van der Waals surface area contributed by atoms with Crippen molar-refractivity contribution in [3.05, 3.63) is 26.1 Å². The van der Waals surface area contributed by atoms with Crippen molar-refractivity contribution in [2.24, 2.45) is 14.1 Å². The molecule has 104 valence electrons. The molecule has 0 aliphatic rings. The van der Waals surface area contributed by atoms with Gasteiger partial charge >= 0.3 is 5.69 Å². The molecule has 0 saturated carbocycles. The number of halogens is 2. The van der Waals surface area contributed by atoms with Crippen LogP contribution in [0.4, 0.5) is 0 Å². The summed E-state index contributed by atoms with van der Waals surface area (Å²) in [5.41, 5.74) is -0.658. The molecule has 1 N–H and O–H groups in total. The lowest BCUT2D eigenvalue weighted by molar-refractivity contribution is 0.178. The summed E-state index contributed by atoms with van der Waals surface area (Å²) in [5, 5.41) is 9.61. The van der Waals surface area contributed by atoms with Crippen molar-refractivity contribution in [2.45, 2.75) is 12.6 Å². The first-order chi connectivity index (χ1) is 8.88. The predicted molar refractivity (Wildman–Crippen MR) is 72.0 cm³/mol. The third-order valence-electron chi connectivity index (χ3n) is 2.87. The van der Waals surface area contributed by atoms with Gasteiger partial charge in [-0.1, -0.05) is 0 Å². The van der Waals surface area contributed by atoms with E-state index in [0.29, 0.717) is 0 Å². The number of hydrogen-bond acceptors (Lipinski definition) is 4. The van der Waals surface area contributed by atoms with Crippen molar-refractivity contribution < 1.29 is 5.11 Å². The van der Waals surface area contributed by atoms with Crippen LogP contribution in [0.1, 0.15) is 0 Å². The molecule has 2 aromatic heterocycles. The van der Waals surface area contributed by atoms with Gasteiger partial charge in [-0.15, -0.1) is 11.6 Å². The molecule has 0 fully saturated rings. The highest BCUT2D eigenvalue weighted by atomic mass is 35.5. The zero-order chi connectivity index (χ0) is 14.3. The normalized spacial score (nSPS) is 13.1. The van der Waals surface area contributed by atoms with Crippen LogP contribution in [-0.2, 0) is 20.6 Å². The summed E-state index contributed by atoms with van der Waals surface area (Å²) in [6.07, 6.45) is -0.862. The molecule has 1 atom stereocenters. The summed E-state index contributed by atoms with van der Waals surface area (Å²) in [5.74, 6) is 0.00207. The smallest absolute Gasteiger partial charge is 0.332 e. The Hall–Kier alpha value is -1.31. The number of hydrogen-bond donors (Lipinski definition) is 1. The monoisotopic (exact) mass is 306 g/mol. The van der Waals surface area contributed by atoms with Crippen LogP contribution in [0.5, 0.6) is 0 Å². The summed E-state index contributed by atoms with van der Waals surface area (Å²) in [4.78, 5) is 27.9. The standard InChI is InChI=1S/C10H12Cl2N4O3/c1-14-7-6(8(18)15(2)10(14)19)16(9(12)13-7)4-5(17)3-11/h5,17H,3-4H2,1-2H3. The van der Waals surface area contributed by atoms with Gasteiger partial charge in [-0.25, -0.2) is 4.79 Å². The van der Waals surface area contributed by atoms with Crippen LogP contribution in [0, 0.1) is 0 Å². The molecule has 2 aromatic rings. The van der Waals surface area contributed by atoms with E-state index in [0.717, 1.165) is 4.57 Å². The molecule has 0 radical (unpaired) electrons. The molecule has 2 heterocycles. The summed E-state index contributed by atoms with van der Waals surface area (Å²) in [7, 11) is 2.86. The molecule has 7 nitrogen and oxygen atoms in total. The molecule has 0 spiro atoms. The van der Waals surface area contributed by atoms with Crippen molar-refractivity contribution in [1.82, 2.24) is 18.7 Å². The maximum atomic E-state index is 12.1. The van der Waals surface area contributed by atoms with Crippen molar-refractivity contribution in [2.75, 3.05) is 5.88 Å². The third-order valence-corrected chi connectivity index (χ3v) is 3.52. The van der Waals surface area contributed by atoms with E-state index in [1.165, 1.54) is 23.2 Å². The van der Waals surface area contributed by atoms with E-state index in [-0.39, 0.29) is 28.9 Å². The van der Waals surface area contributed by atoms with E-state index in [4.69, 9.17) is 23.2 Å². The molecule has 0 aliphatic carbocycles. The number of aliphatic hydroxyl groups is 1. The first-order valence-corrected chi connectivity index (χ1v) is 6.35. The van der Waals surface area contributed by atoms with Crippen molar-refractivity contribution in [3.63, 3.8) is 0 Å². The predicted octanol–water partition coefficient (Wildman–Crippen LogP) is -0.313. The number of alkyl halides is 1. The Kier molecular flexibility index (Phi) is 3.71. The van der Waals surface area contributed by atoms with Crippen molar-refractivity contribution in [1.29, 1.82) is 0 Å². The van der Waals surface area contributed by atoms with Gasteiger partial charge in [-0.3, -0.25) is 13.9 Å². The highest BCUT2D eigenvalue weighted by molar-refractivity contribution is 6.29. The fourth-order valence-electron chi connectivity index (χ4n) is 1.85.